The summed E-state index contributed by atoms with van der Waals surface area (Å²) < 4.78 is 0. The van der Waals surface area contributed by atoms with Crippen LogP contribution in [0, 0.1) is 0 Å². The molecule has 1 aromatic carbocycles. The predicted octanol–water partition coefficient (Wildman–Crippen LogP) is 3.46. The standard InChI is InChI=1S/C18H24N2O2/c1-18(2,3)20(17(22)15-12-8-5-9-13-15)19-16(21)14-10-6-4-7-11-14/h5,8-10,12-13H,4,6-7,11H2,1-3H3,(H,19,21). The highest BCUT2D eigenvalue weighted by Gasteiger charge is 2.30. The molecular formula is C18H24N2O2. The number of hydrogen-bond donors (Lipinski definition) is 1. The van der Waals surface area contributed by atoms with Crippen molar-refractivity contribution in [1.29, 1.82) is 0 Å². The third kappa shape index (κ3) is 3.97. The van der Waals surface area contributed by atoms with Crippen LogP contribution in [0.25, 0.3) is 0 Å². The summed E-state index contributed by atoms with van der Waals surface area (Å²) >= 11 is 0. The minimum absolute atomic E-state index is 0.168. The van der Waals surface area contributed by atoms with Gasteiger partial charge >= 0.3 is 0 Å². The monoisotopic (exact) mass is 300 g/mol. The molecule has 0 spiro atoms. The highest BCUT2D eigenvalue weighted by Crippen LogP contribution is 2.19. The van der Waals surface area contributed by atoms with E-state index in [1.54, 1.807) is 12.1 Å². The number of nitrogens with zero attached hydrogens (tertiary/aromatic N) is 1. The maximum absolute atomic E-state index is 12.7. The van der Waals surface area contributed by atoms with Crippen LogP contribution in [0.15, 0.2) is 42.0 Å². The van der Waals surface area contributed by atoms with E-state index in [0.717, 1.165) is 31.3 Å². The molecule has 0 aromatic heterocycles. The molecule has 2 amide bonds. The first kappa shape index (κ1) is 16.3. The molecule has 0 saturated carbocycles. The van der Waals surface area contributed by atoms with Crippen LogP contribution in [-0.4, -0.2) is 22.4 Å². The van der Waals surface area contributed by atoms with E-state index < -0.39 is 5.54 Å². The number of rotatable bonds is 2. The molecule has 0 atom stereocenters. The van der Waals surface area contributed by atoms with E-state index in [1.807, 2.05) is 45.0 Å². The molecule has 22 heavy (non-hydrogen) atoms. The quantitative estimate of drug-likeness (QED) is 0.850. The second-order valence-electron chi connectivity index (χ2n) is 6.59. The van der Waals surface area contributed by atoms with E-state index in [1.165, 1.54) is 5.01 Å². The van der Waals surface area contributed by atoms with Gasteiger partial charge in [-0.3, -0.25) is 15.0 Å². The van der Waals surface area contributed by atoms with Crippen LogP contribution in [0.4, 0.5) is 0 Å². The minimum Gasteiger partial charge on any atom is -0.268 e. The Kier molecular flexibility index (Phi) is 5.01. The minimum atomic E-state index is -0.502. The molecule has 1 aromatic rings. The normalized spacial score (nSPS) is 15.0. The summed E-state index contributed by atoms with van der Waals surface area (Å²) in [7, 11) is 0. The van der Waals surface area contributed by atoms with Crippen LogP contribution in [0.5, 0.6) is 0 Å². The topological polar surface area (TPSA) is 49.4 Å². The molecule has 1 aliphatic rings. The third-order valence-corrected chi connectivity index (χ3v) is 3.69. The maximum atomic E-state index is 12.7. The molecule has 0 bridgehead atoms. The van der Waals surface area contributed by atoms with E-state index in [0.29, 0.717) is 5.56 Å². The zero-order chi connectivity index (χ0) is 16.2. The highest BCUT2D eigenvalue weighted by molar-refractivity contribution is 5.99. The molecule has 0 aliphatic heterocycles. The number of benzene rings is 1. The largest absolute Gasteiger partial charge is 0.272 e. The summed E-state index contributed by atoms with van der Waals surface area (Å²) in [4.78, 5) is 25.1. The van der Waals surface area contributed by atoms with Gasteiger partial charge in [-0.05, 0) is 58.6 Å². The molecule has 0 fully saturated rings. The summed E-state index contributed by atoms with van der Waals surface area (Å²) in [5.74, 6) is -0.364. The lowest BCUT2D eigenvalue weighted by Gasteiger charge is -2.36. The molecule has 1 aliphatic carbocycles. The highest BCUT2D eigenvalue weighted by atomic mass is 16.2. The zero-order valence-electron chi connectivity index (χ0n) is 13.6. The second-order valence-corrected chi connectivity index (χ2v) is 6.59. The van der Waals surface area contributed by atoms with Gasteiger partial charge in [0.25, 0.3) is 11.8 Å². The second kappa shape index (κ2) is 6.77. The summed E-state index contributed by atoms with van der Waals surface area (Å²) in [5, 5.41) is 1.43. The lowest BCUT2D eigenvalue weighted by Crippen LogP contribution is -2.56. The van der Waals surface area contributed by atoms with Crippen molar-refractivity contribution in [2.24, 2.45) is 0 Å². The summed E-state index contributed by atoms with van der Waals surface area (Å²) in [6.45, 7) is 5.72. The van der Waals surface area contributed by atoms with E-state index in [-0.39, 0.29) is 11.8 Å². The van der Waals surface area contributed by atoms with Gasteiger partial charge in [0.2, 0.25) is 0 Å². The van der Waals surface area contributed by atoms with E-state index in [2.05, 4.69) is 5.43 Å². The molecular weight excluding hydrogens is 276 g/mol. The summed E-state index contributed by atoms with van der Waals surface area (Å²) in [6, 6.07) is 9.02. The Morgan fingerprint density at radius 2 is 1.77 bits per heavy atom. The Morgan fingerprint density at radius 3 is 2.32 bits per heavy atom. The van der Waals surface area contributed by atoms with Crippen molar-refractivity contribution in [3.05, 3.63) is 47.5 Å². The van der Waals surface area contributed by atoms with Crippen LogP contribution in [0.1, 0.15) is 56.8 Å². The van der Waals surface area contributed by atoms with Gasteiger partial charge in [-0.15, -0.1) is 0 Å². The fourth-order valence-electron chi connectivity index (χ4n) is 2.45. The first-order valence-electron chi connectivity index (χ1n) is 7.79. The molecule has 0 radical (unpaired) electrons. The number of hydrazine groups is 1. The first-order chi connectivity index (χ1) is 10.4. The van der Waals surface area contributed by atoms with E-state index >= 15 is 0 Å². The predicted molar refractivity (Wildman–Crippen MR) is 87.1 cm³/mol. The van der Waals surface area contributed by atoms with Gasteiger partial charge in [-0.25, -0.2) is 5.01 Å². The SMILES string of the molecule is CC(C)(C)N(NC(=O)C1=CCCCC1)C(=O)c1ccccc1. The van der Waals surface area contributed by atoms with Crippen molar-refractivity contribution >= 4 is 11.8 Å². The summed E-state index contributed by atoms with van der Waals surface area (Å²) in [5.41, 5.74) is 3.64. The number of allylic oxidation sites excluding steroid dienone is 1. The van der Waals surface area contributed by atoms with Gasteiger partial charge in [0, 0.05) is 11.1 Å². The maximum Gasteiger partial charge on any atom is 0.272 e. The van der Waals surface area contributed by atoms with Crippen LogP contribution in [0.3, 0.4) is 0 Å². The lowest BCUT2D eigenvalue weighted by atomic mass is 9.99. The molecule has 1 N–H and O–H groups in total. The Morgan fingerprint density at radius 1 is 1.09 bits per heavy atom. The molecule has 4 nitrogen and oxygen atoms in total. The van der Waals surface area contributed by atoms with Gasteiger partial charge in [-0.1, -0.05) is 24.3 Å². The van der Waals surface area contributed by atoms with E-state index in [4.69, 9.17) is 0 Å². The Labute approximate surface area is 132 Å². The van der Waals surface area contributed by atoms with Gasteiger partial charge in [0.15, 0.2) is 0 Å². The first-order valence-corrected chi connectivity index (χ1v) is 7.79. The molecule has 0 heterocycles. The fourth-order valence-corrected chi connectivity index (χ4v) is 2.45. The van der Waals surface area contributed by atoms with E-state index in [9.17, 15) is 9.59 Å². The van der Waals surface area contributed by atoms with Crippen LogP contribution in [-0.2, 0) is 4.79 Å². The molecule has 118 valence electrons. The van der Waals surface area contributed by atoms with Crippen molar-refractivity contribution in [3.8, 4) is 0 Å². The van der Waals surface area contributed by atoms with Crippen LogP contribution < -0.4 is 5.43 Å². The van der Waals surface area contributed by atoms with Crippen molar-refractivity contribution in [1.82, 2.24) is 10.4 Å². The average Bonchev–Trinajstić information content (AvgIpc) is 2.52. The number of nitrogens with one attached hydrogen (secondary N) is 1. The van der Waals surface area contributed by atoms with Gasteiger partial charge < -0.3 is 0 Å². The molecule has 2 rings (SSSR count). The fraction of sp³-hybridized carbons (Fsp3) is 0.444. The van der Waals surface area contributed by atoms with Crippen LogP contribution >= 0.6 is 0 Å². The smallest absolute Gasteiger partial charge is 0.268 e. The molecule has 0 unspecified atom stereocenters. The number of carbonyl (C=O) groups is 2. The molecule has 4 heteroatoms. The average molecular weight is 300 g/mol. The number of hydrogen-bond acceptors (Lipinski definition) is 2. The van der Waals surface area contributed by atoms with Gasteiger partial charge in [-0.2, -0.15) is 0 Å². The third-order valence-electron chi connectivity index (χ3n) is 3.69. The van der Waals surface area contributed by atoms with Crippen molar-refractivity contribution in [2.45, 2.75) is 52.0 Å². The van der Waals surface area contributed by atoms with Crippen LogP contribution in [0.2, 0.25) is 0 Å². The number of carbonyl (C=O) groups excluding carboxylic acids is 2. The van der Waals surface area contributed by atoms with Crippen molar-refractivity contribution in [2.75, 3.05) is 0 Å². The molecule has 0 saturated heterocycles. The number of amides is 2. The van der Waals surface area contributed by atoms with Gasteiger partial charge in [0.1, 0.15) is 0 Å². The van der Waals surface area contributed by atoms with Crippen molar-refractivity contribution < 1.29 is 9.59 Å². The lowest BCUT2D eigenvalue weighted by molar-refractivity contribution is -0.123. The van der Waals surface area contributed by atoms with Crippen molar-refractivity contribution in [3.63, 3.8) is 0 Å². The summed E-state index contributed by atoms with van der Waals surface area (Å²) in [6.07, 6.45) is 5.85. The Balaban J connectivity index is 2.18. The Hall–Kier alpha value is -2.10. The Bertz CT molecular complexity index is 570. The van der Waals surface area contributed by atoms with Gasteiger partial charge in [0.05, 0.1) is 5.54 Å². The zero-order valence-corrected chi connectivity index (χ0v) is 13.6.